The first-order chi connectivity index (χ1) is 19.3. The predicted octanol–water partition coefficient (Wildman–Crippen LogP) is 4.60. The van der Waals surface area contributed by atoms with E-state index in [0.717, 1.165) is 57.8 Å². The van der Waals surface area contributed by atoms with Crippen molar-refractivity contribution in [3.8, 4) is 5.75 Å². The second-order valence-electron chi connectivity index (χ2n) is 9.78. The smallest absolute Gasteiger partial charge is 0.387 e. The summed E-state index contributed by atoms with van der Waals surface area (Å²) in [6.45, 7) is 3.00. The number of piperidine rings is 1. The summed E-state index contributed by atoms with van der Waals surface area (Å²) in [4.78, 5) is 27.6. The van der Waals surface area contributed by atoms with Crippen LogP contribution in [0.2, 0.25) is 5.02 Å². The SMILES string of the molecule is CN1CCN(C2CCN(c3ccc(Nc4ncc(Cl)c(Nc5ccsc5C(N)=O)n4)c(OC(F)F)c3)CC2)CC1. The Morgan fingerprint density at radius 1 is 1.12 bits per heavy atom. The number of anilines is 5. The largest absolute Gasteiger partial charge is 0.433 e. The lowest BCUT2D eigenvalue weighted by Gasteiger charge is -2.42. The maximum atomic E-state index is 13.4. The minimum Gasteiger partial charge on any atom is -0.433 e. The molecule has 40 heavy (non-hydrogen) atoms. The fourth-order valence-corrected chi connectivity index (χ4v) is 5.88. The molecule has 0 unspecified atom stereocenters. The Kier molecular flexibility index (Phi) is 8.84. The highest BCUT2D eigenvalue weighted by Gasteiger charge is 2.27. The molecular weight excluding hydrogens is 562 g/mol. The Morgan fingerprint density at radius 2 is 1.88 bits per heavy atom. The average Bonchev–Trinajstić information content (AvgIpc) is 3.40. The number of hydrogen-bond donors (Lipinski definition) is 3. The molecule has 5 rings (SSSR count). The van der Waals surface area contributed by atoms with E-state index < -0.39 is 12.5 Å². The summed E-state index contributed by atoms with van der Waals surface area (Å²) >= 11 is 7.44. The van der Waals surface area contributed by atoms with Crippen LogP contribution in [-0.2, 0) is 0 Å². The van der Waals surface area contributed by atoms with E-state index in [-0.39, 0.29) is 28.2 Å². The number of nitrogens with one attached hydrogen (secondary N) is 2. The summed E-state index contributed by atoms with van der Waals surface area (Å²) in [6.07, 6.45) is 3.40. The number of hydrogen-bond acceptors (Lipinski definition) is 10. The number of nitrogens with two attached hydrogens (primary N) is 1. The second kappa shape index (κ2) is 12.5. The fraction of sp³-hybridized carbons (Fsp3) is 0.423. The lowest BCUT2D eigenvalue weighted by Crippen LogP contribution is -2.52. The van der Waals surface area contributed by atoms with Gasteiger partial charge in [-0.25, -0.2) is 4.98 Å². The third-order valence-electron chi connectivity index (χ3n) is 7.20. The second-order valence-corrected chi connectivity index (χ2v) is 11.1. The maximum Gasteiger partial charge on any atom is 0.387 e. The van der Waals surface area contributed by atoms with Crippen LogP contribution in [0.25, 0.3) is 0 Å². The number of thiophene rings is 1. The van der Waals surface area contributed by atoms with Crippen molar-refractivity contribution >= 4 is 57.7 Å². The van der Waals surface area contributed by atoms with Crippen LogP contribution in [0.1, 0.15) is 22.5 Å². The van der Waals surface area contributed by atoms with Crippen LogP contribution in [0.15, 0.2) is 35.8 Å². The van der Waals surface area contributed by atoms with Crippen molar-refractivity contribution in [3.05, 3.63) is 45.7 Å². The Labute approximate surface area is 240 Å². The number of carbonyl (C=O) groups excluding carboxylic acids is 1. The third-order valence-corrected chi connectivity index (χ3v) is 8.40. The lowest BCUT2D eigenvalue weighted by molar-refractivity contribution is -0.0493. The topological polar surface area (TPSA) is 112 Å². The highest BCUT2D eigenvalue weighted by molar-refractivity contribution is 7.12. The molecule has 0 bridgehead atoms. The van der Waals surface area contributed by atoms with Crippen molar-refractivity contribution in [2.45, 2.75) is 25.5 Å². The van der Waals surface area contributed by atoms with Gasteiger partial charge >= 0.3 is 6.61 Å². The van der Waals surface area contributed by atoms with Crippen LogP contribution in [-0.4, -0.2) is 84.6 Å². The molecule has 0 radical (unpaired) electrons. The van der Waals surface area contributed by atoms with Gasteiger partial charge in [-0.15, -0.1) is 11.3 Å². The first-order valence-electron chi connectivity index (χ1n) is 13.0. The van der Waals surface area contributed by atoms with E-state index >= 15 is 0 Å². The summed E-state index contributed by atoms with van der Waals surface area (Å²) in [6, 6.07) is 7.38. The van der Waals surface area contributed by atoms with Gasteiger partial charge in [0, 0.05) is 57.1 Å². The molecule has 3 aromatic rings. The summed E-state index contributed by atoms with van der Waals surface area (Å²) in [5.74, 6) is -0.284. The van der Waals surface area contributed by atoms with Crippen molar-refractivity contribution in [2.75, 3.05) is 61.8 Å². The van der Waals surface area contributed by atoms with Gasteiger partial charge in [-0.1, -0.05) is 11.6 Å². The lowest BCUT2D eigenvalue weighted by atomic mass is 10.0. The van der Waals surface area contributed by atoms with Crippen molar-refractivity contribution in [2.24, 2.45) is 5.73 Å². The zero-order chi connectivity index (χ0) is 28.2. The molecule has 0 spiro atoms. The molecule has 10 nitrogen and oxygen atoms in total. The molecule has 1 aromatic carbocycles. The number of rotatable bonds is 9. The number of carbonyl (C=O) groups is 1. The normalized spacial score (nSPS) is 17.3. The molecule has 1 amide bonds. The molecule has 0 aliphatic carbocycles. The fourth-order valence-electron chi connectivity index (χ4n) is 5.04. The van der Waals surface area contributed by atoms with E-state index in [9.17, 15) is 13.6 Å². The molecule has 14 heteroatoms. The Balaban J connectivity index is 1.29. The molecule has 4 heterocycles. The Morgan fingerprint density at radius 3 is 2.58 bits per heavy atom. The summed E-state index contributed by atoms with van der Waals surface area (Å²) in [5, 5.41) is 7.84. The van der Waals surface area contributed by atoms with Gasteiger partial charge in [-0.3, -0.25) is 9.69 Å². The van der Waals surface area contributed by atoms with Crippen LogP contribution in [0.4, 0.5) is 37.6 Å². The number of primary amides is 1. The van der Waals surface area contributed by atoms with Gasteiger partial charge < -0.3 is 30.9 Å². The third kappa shape index (κ3) is 6.72. The molecule has 2 fully saturated rings. The number of alkyl halides is 2. The minimum absolute atomic E-state index is 0.0180. The molecule has 2 aliphatic rings. The number of aromatic nitrogens is 2. The van der Waals surface area contributed by atoms with Gasteiger partial charge in [0.15, 0.2) is 11.6 Å². The first-order valence-corrected chi connectivity index (χ1v) is 14.2. The zero-order valence-electron chi connectivity index (χ0n) is 21.9. The zero-order valence-corrected chi connectivity index (χ0v) is 23.5. The van der Waals surface area contributed by atoms with E-state index in [1.165, 1.54) is 17.5 Å². The van der Waals surface area contributed by atoms with Gasteiger partial charge in [0.1, 0.15) is 9.90 Å². The van der Waals surface area contributed by atoms with Crippen molar-refractivity contribution in [1.29, 1.82) is 0 Å². The van der Waals surface area contributed by atoms with Gasteiger partial charge in [-0.05, 0) is 43.5 Å². The quantitative estimate of drug-likeness (QED) is 0.328. The van der Waals surface area contributed by atoms with E-state index in [1.807, 2.05) is 6.07 Å². The molecular formula is C26H31ClF2N8O2S. The highest BCUT2D eigenvalue weighted by Crippen LogP contribution is 2.35. The van der Waals surface area contributed by atoms with E-state index in [4.69, 9.17) is 22.1 Å². The number of halogens is 3. The van der Waals surface area contributed by atoms with Crippen molar-refractivity contribution < 1.29 is 18.3 Å². The molecule has 4 N–H and O–H groups in total. The van der Waals surface area contributed by atoms with Crippen LogP contribution < -0.4 is 26.0 Å². The van der Waals surface area contributed by atoms with Gasteiger partial charge in [0.25, 0.3) is 5.91 Å². The van der Waals surface area contributed by atoms with Crippen LogP contribution >= 0.6 is 22.9 Å². The minimum atomic E-state index is -3.01. The summed E-state index contributed by atoms with van der Waals surface area (Å²) in [7, 11) is 2.15. The number of amides is 1. The molecule has 214 valence electrons. The summed E-state index contributed by atoms with van der Waals surface area (Å²) in [5.41, 5.74) is 6.96. The molecule has 0 saturated carbocycles. The van der Waals surface area contributed by atoms with Crippen LogP contribution in [0.3, 0.4) is 0 Å². The van der Waals surface area contributed by atoms with E-state index in [1.54, 1.807) is 23.6 Å². The van der Waals surface area contributed by atoms with Gasteiger partial charge in [-0.2, -0.15) is 13.8 Å². The van der Waals surface area contributed by atoms with Crippen LogP contribution in [0, 0.1) is 0 Å². The van der Waals surface area contributed by atoms with Crippen molar-refractivity contribution in [1.82, 2.24) is 19.8 Å². The number of likely N-dealkylation sites (N-methyl/N-ethyl adjacent to an activating group) is 1. The molecule has 2 aliphatic heterocycles. The molecule has 0 atom stereocenters. The standard InChI is InChI=1S/C26H31ClF2N8O2S/c1-35-9-11-37(12-10-35)16-4-7-36(8-5-16)17-2-3-19(21(14-17)39-25(28)29)33-26-31-15-18(27)24(34-26)32-20-6-13-40-22(20)23(30)38/h2-3,6,13-16,25H,4-5,7-12H2,1H3,(H2,30,38)(H2,31,32,33,34). The highest BCUT2D eigenvalue weighted by atomic mass is 35.5. The Hall–Kier alpha value is -3.26. The number of benzene rings is 1. The van der Waals surface area contributed by atoms with E-state index in [0.29, 0.717) is 16.6 Å². The number of piperazine rings is 1. The molecule has 2 saturated heterocycles. The maximum absolute atomic E-state index is 13.4. The van der Waals surface area contributed by atoms with Crippen LogP contribution in [0.5, 0.6) is 5.75 Å². The van der Waals surface area contributed by atoms with E-state index in [2.05, 4.69) is 42.3 Å². The molecule has 2 aromatic heterocycles. The summed E-state index contributed by atoms with van der Waals surface area (Å²) < 4.78 is 31.6. The Bertz CT molecular complexity index is 1330. The van der Waals surface area contributed by atoms with Crippen molar-refractivity contribution in [3.63, 3.8) is 0 Å². The predicted molar refractivity (Wildman–Crippen MR) is 154 cm³/mol. The number of ether oxygens (including phenoxy) is 1. The number of nitrogens with zero attached hydrogens (tertiary/aromatic N) is 5. The van der Waals surface area contributed by atoms with Gasteiger partial charge in [0.2, 0.25) is 5.95 Å². The monoisotopic (exact) mass is 592 g/mol. The van der Waals surface area contributed by atoms with Gasteiger partial charge in [0.05, 0.1) is 17.6 Å². The first kappa shape index (κ1) is 28.3. The average molecular weight is 593 g/mol.